The molecule has 0 saturated carbocycles. The van der Waals surface area contributed by atoms with Gasteiger partial charge in [0.1, 0.15) is 0 Å². The van der Waals surface area contributed by atoms with Gasteiger partial charge in [0.05, 0.1) is 73.9 Å². The van der Waals surface area contributed by atoms with Crippen LogP contribution in [-0.2, 0) is 36.4 Å². The van der Waals surface area contributed by atoms with Gasteiger partial charge in [-0.25, -0.2) is 0 Å². The van der Waals surface area contributed by atoms with E-state index in [1.54, 1.807) is 24.3 Å². The quantitative estimate of drug-likeness (QED) is 0.0849. The Labute approximate surface area is 301 Å². The molecule has 0 aromatic heterocycles. The Morgan fingerprint density at radius 3 is 0.571 bits per heavy atom. The molecule has 0 aliphatic rings. The van der Waals surface area contributed by atoms with E-state index in [2.05, 4.69) is 150 Å². The molecule has 0 aliphatic carbocycles. The first-order chi connectivity index (χ1) is 20.2. The van der Waals surface area contributed by atoms with Gasteiger partial charge in [0.15, 0.2) is 0 Å². The predicted molar refractivity (Wildman–Crippen MR) is 210 cm³/mol. The summed E-state index contributed by atoms with van der Waals surface area (Å²) in [5, 5.41) is 0. The van der Waals surface area contributed by atoms with Crippen molar-refractivity contribution < 1.29 is 36.4 Å². The van der Waals surface area contributed by atoms with Crippen molar-refractivity contribution in [2.75, 3.05) is 73.9 Å². The number of benzene rings is 1. The van der Waals surface area contributed by atoms with E-state index >= 15 is 0 Å². The molecule has 0 unspecified atom stereocenters. The van der Waals surface area contributed by atoms with Crippen LogP contribution in [0.5, 0.6) is 0 Å². The number of hydrogen-bond acceptors (Lipinski definition) is 0. The summed E-state index contributed by atoms with van der Waals surface area (Å²) in [6.07, 6.45) is 31.0. The molecule has 0 heterocycles. The summed E-state index contributed by atoms with van der Waals surface area (Å²) in [5.74, 6) is 4.48. The summed E-state index contributed by atoms with van der Waals surface area (Å²) in [6, 6.07) is 6.90. The molecule has 0 fully saturated rings. The molecule has 1 aromatic rings. The van der Waals surface area contributed by atoms with E-state index in [-0.39, 0.29) is 31.7 Å². The molecule has 0 atom stereocenters. The van der Waals surface area contributed by atoms with Gasteiger partial charge in [-0.2, -0.15) is 0 Å². The zero-order valence-electron chi connectivity index (χ0n) is 29.2. The van der Waals surface area contributed by atoms with Gasteiger partial charge in [0, 0.05) is 0 Å². The first-order valence-corrected chi connectivity index (χ1v) is 28.3. The van der Waals surface area contributed by atoms with Crippen LogP contribution in [0.15, 0.2) is 24.3 Å². The van der Waals surface area contributed by atoms with E-state index in [0.29, 0.717) is 0 Å². The Balaban J connectivity index is -0.0000000943. The van der Waals surface area contributed by atoms with Gasteiger partial charge in [-0.3, -0.25) is 11.8 Å². The van der Waals surface area contributed by atoms with Crippen LogP contribution in [0.4, 0.5) is 0 Å². The molecule has 1 aromatic carbocycles. The fourth-order valence-corrected chi connectivity index (χ4v) is 9.64. The fourth-order valence-electron chi connectivity index (χ4n) is 3.64. The second kappa shape index (κ2) is 52.5. The number of rotatable bonds is 12. The van der Waals surface area contributed by atoms with E-state index in [0.717, 1.165) is 11.1 Å². The first-order valence-electron chi connectivity index (χ1n) is 15.8. The average Bonchev–Trinajstić information content (AvgIpc) is 3.07. The van der Waals surface area contributed by atoms with Gasteiger partial charge in [-0.15, -0.1) is 35.4 Å². The minimum absolute atomic E-state index is 0.137. The van der Waals surface area contributed by atoms with Crippen LogP contribution in [0.3, 0.4) is 0 Å². The van der Waals surface area contributed by atoms with Crippen molar-refractivity contribution in [3.63, 3.8) is 0 Å². The molecule has 254 valence electrons. The standard InChI is InChI=1S/C10H4.4C6H15P.2ClH.2Pd/c1-3-9-5-7-10(4-2)8-6-9;4*1-4-7(5-2)6-3;;;;/h5-8H;4*4-6H2,1-3H3;2*1H;;/q-2;;;;;;;2*+2/p+2. The van der Waals surface area contributed by atoms with Crippen LogP contribution in [0, 0.1) is 24.7 Å². The van der Waals surface area contributed by atoms with Crippen LogP contribution in [0.2, 0.25) is 0 Å². The van der Waals surface area contributed by atoms with Crippen LogP contribution in [-0.4, -0.2) is 73.9 Å². The Bertz CT molecular complexity index is 546. The molecular weight excluding hydrogens is 816 g/mol. The molecule has 8 heteroatoms. The molecule has 0 aliphatic heterocycles. The monoisotopic (exact) mass is 882 g/mol. The van der Waals surface area contributed by atoms with Crippen molar-refractivity contribution in [3.8, 4) is 11.8 Å². The summed E-state index contributed by atoms with van der Waals surface area (Å²) in [5.41, 5.74) is 1.44. The molecule has 0 bridgehead atoms. The molecule has 0 saturated heterocycles. The maximum atomic E-state index is 6.75. The summed E-state index contributed by atoms with van der Waals surface area (Å²) in [4.78, 5) is 0. The molecule has 42 heavy (non-hydrogen) atoms. The second-order valence-electron chi connectivity index (χ2n) is 9.07. The normalized spacial score (nSPS) is 9.05. The maximum absolute atomic E-state index is 6.75. The molecule has 1 rings (SSSR count). The van der Waals surface area contributed by atoms with Crippen molar-refractivity contribution in [2.45, 2.75) is 83.1 Å². The molecule has 0 amide bonds. The average molecular weight is 885 g/mol. The summed E-state index contributed by atoms with van der Waals surface area (Å²) < 4.78 is 0. The third-order valence-corrected chi connectivity index (χ3v) is 19.2. The van der Waals surface area contributed by atoms with Crippen molar-refractivity contribution in [1.29, 1.82) is 0 Å². The van der Waals surface area contributed by atoms with E-state index < -0.39 is 0 Å². The van der Waals surface area contributed by atoms with Crippen molar-refractivity contribution in [2.24, 2.45) is 0 Å². The van der Waals surface area contributed by atoms with Gasteiger partial charge in [-0.1, -0.05) is 0 Å². The van der Waals surface area contributed by atoms with Crippen LogP contribution < -0.4 is 0 Å². The van der Waals surface area contributed by atoms with E-state index in [9.17, 15) is 0 Å². The van der Waals surface area contributed by atoms with Gasteiger partial charge >= 0.3 is 55.4 Å². The zero-order valence-corrected chi connectivity index (χ0v) is 37.8. The Morgan fingerprint density at radius 2 is 0.524 bits per heavy atom. The predicted octanol–water partition coefficient (Wildman–Crippen LogP) is 12.0. The van der Waals surface area contributed by atoms with Gasteiger partial charge < -0.3 is 12.8 Å². The van der Waals surface area contributed by atoms with E-state index in [4.69, 9.17) is 12.8 Å². The summed E-state index contributed by atoms with van der Waals surface area (Å²) in [6.45, 7) is 27.7. The third kappa shape index (κ3) is 44.1. The van der Waals surface area contributed by atoms with Gasteiger partial charge in [-0.05, 0) is 115 Å². The van der Waals surface area contributed by atoms with E-state index in [1.165, 1.54) is 73.9 Å². The van der Waals surface area contributed by atoms with Crippen LogP contribution >= 0.6 is 50.7 Å². The molecule has 0 nitrogen and oxygen atoms in total. The first kappa shape index (κ1) is 56.3. The minimum atomic E-state index is 0.137. The van der Waals surface area contributed by atoms with Crippen molar-refractivity contribution in [1.82, 2.24) is 0 Å². The Morgan fingerprint density at radius 1 is 0.405 bits per heavy atom. The van der Waals surface area contributed by atoms with Gasteiger partial charge in [0.2, 0.25) is 0 Å². The summed E-state index contributed by atoms with van der Waals surface area (Å²) >= 11 is 4.44. The van der Waals surface area contributed by atoms with E-state index in [1.807, 2.05) is 0 Å². The number of hydrogen-bond donors (Lipinski definition) is 0. The number of halogens is 2. The Kier molecular flexibility index (Phi) is 70.4. The zero-order chi connectivity index (χ0) is 34.2. The molecular formula is C34H68Cl2P4Pd2+4. The fraction of sp³-hybridized carbons (Fsp3) is 0.706. The van der Waals surface area contributed by atoms with Crippen molar-refractivity contribution >= 4 is 50.7 Å². The topological polar surface area (TPSA) is 0 Å². The van der Waals surface area contributed by atoms with Gasteiger partial charge in [0.25, 0.3) is 0 Å². The van der Waals surface area contributed by atoms with Crippen LogP contribution in [0.1, 0.15) is 94.2 Å². The summed E-state index contributed by atoms with van der Waals surface area (Å²) in [7, 11) is 9.53. The second-order valence-corrected chi connectivity index (χ2v) is 23.6. The molecule has 0 N–H and O–H groups in total. The third-order valence-electron chi connectivity index (χ3n) is 7.17. The van der Waals surface area contributed by atoms with Crippen LogP contribution in [0.25, 0.3) is 0 Å². The van der Waals surface area contributed by atoms with Crippen molar-refractivity contribution in [3.05, 3.63) is 48.2 Å². The molecule has 0 spiro atoms. The molecule has 0 radical (unpaired) electrons. The SMILES string of the molecule is CC[PH+](CC)CC.CC[PH+](CC)CC.CC[PH+](CC)CC.CC[PH+](CC)CC.[C-]#Cc1ccc(C#[C-])cc1.[Cl][Pd+].[Cl][Pd+]. The Hall–Kier alpha value is 1.96.